The summed E-state index contributed by atoms with van der Waals surface area (Å²) in [6.45, 7) is 5.44. The zero-order chi connectivity index (χ0) is 12.2. The minimum absolute atomic E-state index is 0.372. The quantitative estimate of drug-likeness (QED) is 0.842. The summed E-state index contributed by atoms with van der Waals surface area (Å²) in [5, 5.41) is 1.34. The first kappa shape index (κ1) is 10.8. The molecule has 2 aromatic rings. The molecule has 2 atom stereocenters. The van der Waals surface area contributed by atoms with Gasteiger partial charge in [-0.25, -0.2) is 0 Å². The van der Waals surface area contributed by atoms with Crippen molar-refractivity contribution in [2.75, 3.05) is 6.54 Å². The lowest BCUT2D eigenvalue weighted by atomic mass is 10.0. The third kappa shape index (κ3) is 1.44. The number of nitrogens with two attached hydrogens (primary N) is 1. The van der Waals surface area contributed by atoms with Crippen LogP contribution in [-0.2, 0) is 7.05 Å². The Labute approximate surface area is 102 Å². The van der Waals surface area contributed by atoms with Gasteiger partial charge in [0.15, 0.2) is 0 Å². The number of aryl methyl sites for hydroxylation is 1. The second kappa shape index (κ2) is 3.36. The molecule has 0 radical (unpaired) electrons. The lowest BCUT2D eigenvalue weighted by Gasteiger charge is -2.04. The van der Waals surface area contributed by atoms with Gasteiger partial charge in [-0.15, -0.1) is 0 Å². The Hall–Kier alpha value is -1.28. The van der Waals surface area contributed by atoms with Crippen LogP contribution in [0.3, 0.4) is 0 Å². The molecule has 1 aromatic carbocycles. The van der Waals surface area contributed by atoms with Crippen LogP contribution in [0.2, 0.25) is 0 Å². The minimum Gasteiger partial charge on any atom is -0.351 e. The van der Waals surface area contributed by atoms with Gasteiger partial charge >= 0.3 is 0 Å². The standard InChI is InChI=1S/C15H20N2/c1-15(2)12(9-16)14(15)11-4-5-13-10(8-11)6-7-17(13)3/h4-8,12,14H,9,16H2,1-3H3. The van der Waals surface area contributed by atoms with Gasteiger partial charge in [0.25, 0.3) is 0 Å². The fourth-order valence-corrected chi connectivity index (χ4v) is 3.34. The molecule has 2 unspecified atom stereocenters. The highest BCUT2D eigenvalue weighted by Gasteiger charge is 2.57. The first-order valence-electron chi connectivity index (χ1n) is 6.30. The normalized spacial score (nSPS) is 26.4. The van der Waals surface area contributed by atoms with E-state index in [9.17, 15) is 0 Å². The highest BCUT2D eigenvalue weighted by atomic mass is 14.9. The Morgan fingerprint density at radius 2 is 2.06 bits per heavy atom. The van der Waals surface area contributed by atoms with Crippen LogP contribution < -0.4 is 5.73 Å². The van der Waals surface area contributed by atoms with Crippen molar-refractivity contribution in [3.05, 3.63) is 36.0 Å². The van der Waals surface area contributed by atoms with Crippen molar-refractivity contribution in [2.45, 2.75) is 19.8 Å². The van der Waals surface area contributed by atoms with E-state index < -0.39 is 0 Å². The topological polar surface area (TPSA) is 30.9 Å². The molecule has 1 heterocycles. The van der Waals surface area contributed by atoms with Crippen molar-refractivity contribution in [3.8, 4) is 0 Å². The summed E-state index contributed by atoms with van der Waals surface area (Å²) in [4.78, 5) is 0. The largest absolute Gasteiger partial charge is 0.351 e. The Bertz CT molecular complexity index is 565. The zero-order valence-electron chi connectivity index (χ0n) is 10.8. The van der Waals surface area contributed by atoms with E-state index >= 15 is 0 Å². The van der Waals surface area contributed by atoms with Crippen LogP contribution in [0.1, 0.15) is 25.3 Å². The zero-order valence-corrected chi connectivity index (χ0v) is 10.8. The molecular weight excluding hydrogens is 208 g/mol. The predicted octanol–water partition coefficient (Wildman–Crippen LogP) is 2.88. The van der Waals surface area contributed by atoms with E-state index in [1.807, 2.05) is 0 Å². The fraction of sp³-hybridized carbons (Fsp3) is 0.467. The molecule has 1 aliphatic rings. The molecule has 2 nitrogen and oxygen atoms in total. The molecule has 2 N–H and O–H groups in total. The molecule has 2 heteroatoms. The van der Waals surface area contributed by atoms with Crippen LogP contribution in [0.4, 0.5) is 0 Å². The molecule has 1 saturated carbocycles. The van der Waals surface area contributed by atoms with Crippen molar-refractivity contribution >= 4 is 10.9 Å². The summed E-state index contributed by atoms with van der Waals surface area (Å²) in [6.07, 6.45) is 2.12. The highest BCUT2D eigenvalue weighted by molar-refractivity contribution is 5.81. The molecule has 0 aliphatic heterocycles. The van der Waals surface area contributed by atoms with Crippen LogP contribution in [0.15, 0.2) is 30.5 Å². The smallest absolute Gasteiger partial charge is 0.0477 e. The Kier molecular flexibility index (Phi) is 2.14. The molecular formula is C15H20N2. The molecule has 17 heavy (non-hydrogen) atoms. The van der Waals surface area contributed by atoms with E-state index in [2.05, 4.69) is 55.9 Å². The van der Waals surface area contributed by atoms with Gasteiger partial charge in [0.05, 0.1) is 0 Å². The summed E-state index contributed by atoms with van der Waals surface area (Å²) < 4.78 is 2.16. The molecule has 1 fully saturated rings. The maximum atomic E-state index is 5.85. The Morgan fingerprint density at radius 1 is 1.29 bits per heavy atom. The summed E-state index contributed by atoms with van der Waals surface area (Å²) in [7, 11) is 2.09. The average Bonchev–Trinajstić information content (AvgIpc) is 2.66. The van der Waals surface area contributed by atoms with Gasteiger partial charge in [0.1, 0.15) is 0 Å². The van der Waals surface area contributed by atoms with Gasteiger partial charge in [-0.3, -0.25) is 0 Å². The van der Waals surface area contributed by atoms with Crippen molar-refractivity contribution in [3.63, 3.8) is 0 Å². The van der Waals surface area contributed by atoms with Gasteiger partial charge in [0, 0.05) is 18.8 Å². The van der Waals surface area contributed by atoms with E-state index in [-0.39, 0.29) is 0 Å². The van der Waals surface area contributed by atoms with Crippen LogP contribution >= 0.6 is 0 Å². The van der Waals surface area contributed by atoms with Crippen LogP contribution in [0.5, 0.6) is 0 Å². The number of hydrogen-bond donors (Lipinski definition) is 1. The van der Waals surface area contributed by atoms with Crippen LogP contribution in [0.25, 0.3) is 10.9 Å². The number of nitrogens with zero attached hydrogens (tertiary/aromatic N) is 1. The summed E-state index contributed by atoms with van der Waals surface area (Å²) in [5.74, 6) is 1.28. The van der Waals surface area contributed by atoms with E-state index in [1.165, 1.54) is 16.5 Å². The molecule has 90 valence electrons. The van der Waals surface area contributed by atoms with Crippen molar-refractivity contribution in [1.82, 2.24) is 4.57 Å². The average molecular weight is 228 g/mol. The second-order valence-electron chi connectivity index (χ2n) is 5.89. The number of aromatic nitrogens is 1. The summed E-state index contributed by atoms with van der Waals surface area (Å²) >= 11 is 0. The van der Waals surface area contributed by atoms with Crippen LogP contribution in [0, 0.1) is 11.3 Å². The molecule has 1 aliphatic carbocycles. The van der Waals surface area contributed by atoms with Gasteiger partial charge < -0.3 is 10.3 Å². The van der Waals surface area contributed by atoms with Crippen LogP contribution in [-0.4, -0.2) is 11.1 Å². The third-order valence-electron chi connectivity index (χ3n) is 4.57. The summed E-state index contributed by atoms with van der Waals surface area (Å²) in [6, 6.07) is 9.01. The third-order valence-corrected chi connectivity index (χ3v) is 4.57. The lowest BCUT2D eigenvalue weighted by molar-refractivity contribution is 0.558. The summed E-state index contributed by atoms with van der Waals surface area (Å²) in [5.41, 5.74) is 8.97. The van der Waals surface area contributed by atoms with E-state index in [4.69, 9.17) is 5.73 Å². The number of benzene rings is 1. The maximum Gasteiger partial charge on any atom is 0.0477 e. The molecule has 0 saturated heterocycles. The minimum atomic E-state index is 0.372. The van der Waals surface area contributed by atoms with Gasteiger partial charge in [-0.2, -0.15) is 0 Å². The number of hydrogen-bond acceptors (Lipinski definition) is 1. The Balaban J connectivity index is 2.03. The van der Waals surface area contributed by atoms with Gasteiger partial charge in [-0.05, 0) is 52.9 Å². The maximum absolute atomic E-state index is 5.85. The monoisotopic (exact) mass is 228 g/mol. The molecule has 0 amide bonds. The molecule has 1 aromatic heterocycles. The predicted molar refractivity (Wildman–Crippen MR) is 72.0 cm³/mol. The number of fused-ring (bicyclic) bond motifs is 1. The SMILES string of the molecule is Cn1ccc2cc(C3C(CN)C3(C)C)ccc21. The molecule has 0 spiro atoms. The number of rotatable bonds is 2. The Morgan fingerprint density at radius 3 is 2.71 bits per heavy atom. The van der Waals surface area contributed by atoms with E-state index in [0.29, 0.717) is 17.3 Å². The first-order valence-corrected chi connectivity index (χ1v) is 6.30. The highest BCUT2D eigenvalue weighted by Crippen LogP contribution is 2.63. The van der Waals surface area contributed by atoms with E-state index in [1.54, 1.807) is 0 Å². The van der Waals surface area contributed by atoms with Crippen molar-refractivity contribution in [1.29, 1.82) is 0 Å². The van der Waals surface area contributed by atoms with Crippen molar-refractivity contribution in [2.24, 2.45) is 24.1 Å². The van der Waals surface area contributed by atoms with Gasteiger partial charge in [0.2, 0.25) is 0 Å². The van der Waals surface area contributed by atoms with Crippen molar-refractivity contribution < 1.29 is 0 Å². The van der Waals surface area contributed by atoms with E-state index in [0.717, 1.165) is 6.54 Å². The molecule has 3 rings (SSSR count). The fourth-order valence-electron chi connectivity index (χ4n) is 3.34. The first-order chi connectivity index (χ1) is 8.05. The lowest BCUT2D eigenvalue weighted by Crippen LogP contribution is -2.05. The second-order valence-corrected chi connectivity index (χ2v) is 5.89. The molecule has 0 bridgehead atoms. The van der Waals surface area contributed by atoms with Gasteiger partial charge in [-0.1, -0.05) is 19.9 Å².